The summed E-state index contributed by atoms with van der Waals surface area (Å²) in [5.41, 5.74) is 2.13. The average molecular weight is 223 g/mol. The number of rotatable bonds is 3. The Kier molecular flexibility index (Phi) is 3.15. The first-order valence-electron chi connectivity index (χ1n) is 5.31. The lowest BCUT2D eigenvalue weighted by molar-refractivity contribution is 0.103. The van der Waals surface area contributed by atoms with Crippen molar-refractivity contribution in [2.24, 2.45) is 0 Å². The summed E-state index contributed by atoms with van der Waals surface area (Å²) < 4.78 is 0. The number of hydrogen-bond donors (Lipinski definition) is 0. The maximum Gasteiger partial charge on any atom is 0.234 e. The lowest BCUT2D eigenvalue weighted by atomic mass is 9.95. The van der Waals surface area contributed by atoms with Gasteiger partial charge in [-0.15, -0.1) is 0 Å². The third kappa shape index (κ3) is 2.16. The molecule has 2 nitrogen and oxygen atoms in total. The molecule has 0 aliphatic carbocycles. The van der Waals surface area contributed by atoms with Gasteiger partial charge in [0.2, 0.25) is 6.29 Å². The lowest BCUT2D eigenvalue weighted by Crippen LogP contribution is -2.07. The van der Waals surface area contributed by atoms with Crippen LogP contribution in [-0.2, 0) is 4.79 Å². The van der Waals surface area contributed by atoms with E-state index in [2.05, 4.69) is 0 Å². The Labute approximate surface area is 99.9 Å². The predicted octanol–water partition coefficient (Wildman–Crippen LogP) is 2.68. The Morgan fingerprint density at radius 2 is 1.71 bits per heavy atom. The fraction of sp³-hybridized carbons (Fsp3) is 0.0667. The van der Waals surface area contributed by atoms with Crippen LogP contribution in [0.4, 0.5) is 0 Å². The fourth-order valence-electron chi connectivity index (χ4n) is 1.79. The summed E-state index contributed by atoms with van der Waals surface area (Å²) in [5.74, 6) is -0.137. The quantitative estimate of drug-likeness (QED) is 0.750. The molecule has 0 bridgehead atoms. The zero-order chi connectivity index (χ0) is 12.3. The van der Waals surface area contributed by atoms with Crippen LogP contribution in [0.2, 0.25) is 0 Å². The second-order valence-corrected chi connectivity index (χ2v) is 3.79. The molecule has 0 saturated heterocycles. The van der Waals surface area contributed by atoms with Crippen molar-refractivity contribution in [1.82, 2.24) is 0 Å². The largest absolute Gasteiger partial charge is 0.289 e. The van der Waals surface area contributed by atoms with Gasteiger partial charge in [0.15, 0.2) is 5.78 Å². The Balaban J connectivity index is 2.55. The standard InChI is InChI=1S/C15H11O2/c1-11-6-5-9-13(10-16)14(11)15(17)12-7-3-2-4-8-12/h2-9H,1H3. The molecule has 0 fully saturated rings. The Bertz CT molecular complexity index is 556. The molecule has 0 aliphatic rings. The van der Waals surface area contributed by atoms with E-state index in [1.807, 2.05) is 25.3 Å². The van der Waals surface area contributed by atoms with Crippen LogP contribution in [0, 0.1) is 6.92 Å². The van der Waals surface area contributed by atoms with Crippen LogP contribution in [0.1, 0.15) is 27.0 Å². The van der Waals surface area contributed by atoms with Crippen LogP contribution in [0.3, 0.4) is 0 Å². The van der Waals surface area contributed by atoms with Crippen molar-refractivity contribution in [3.05, 3.63) is 70.8 Å². The van der Waals surface area contributed by atoms with Crippen LogP contribution in [0.25, 0.3) is 0 Å². The second-order valence-electron chi connectivity index (χ2n) is 3.79. The minimum absolute atomic E-state index is 0.137. The summed E-state index contributed by atoms with van der Waals surface area (Å²) in [6, 6.07) is 14.1. The van der Waals surface area contributed by atoms with E-state index in [-0.39, 0.29) is 5.78 Å². The van der Waals surface area contributed by atoms with Crippen molar-refractivity contribution in [1.29, 1.82) is 0 Å². The fourth-order valence-corrected chi connectivity index (χ4v) is 1.79. The minimum Gasteiger partial charge on any atom is -0.289 e. The molecule has 2 heteroatoms. The topological polar surface area (TPSA) is 34.1 Å². The van der Waals surface area contributed by atoms with E-state index < -0.39 is 0 Å². The van der Waals surface area contributed by atoms with Gasteiger partial charge in [0, 0.05) is 16.7 Å². The van der Waals surface area contributed by atoms with Crippen LogP contribution in [0.5, 0.6) is 0 Å². The molecule has 2 aromatic carbocycles. The first kappa shape index (κ1) is 11.3. The molecule has 0 aliphatic heterocycles. The molecule has 0 heterocycles. The molecular formula is C15H11O2. The first-order chi connectivity index (χ1) is 8.24. The Morgan fingerprint density at radius 3 is 2.35 bits per heavy atom. The molecule has 0 spiro atoms. The lowest BCUT2D eigenvalue weighted by Gasteiger charge is -2.07. The van der Waals surface area contributed by atoms with Crippen molar-refractivity contribution in [3.63, 3.8) is 0 Å². The summed E-state index contributed by atoms with van der Waals surface area (Å²) in [5, 5.41) is 0. The second kappa shape index (κ2) is 4.74. The highest BCUT2D eigenvalue weighted by atomic mass is 16.1. The number of aryl methyl sites for hydroxylation is 1. The van der Waals surface area contributed by atoms with Crippen LogP contribution >= 0.6 is 0 Å². The Hall–Kier alpha value is -2.22. The van der Waals surface area contributed by atoms with Gasteiger partial charge in [0.1, 0.15) is 0 Å². The SMILES string of the molecule is Cc1cccc([C]=O)c1C(=O)c1ccccc1. The molecule has 83 valence electrons. The monoisotopic (exact) mass is 223 g/mol. The number of benzene rings is 2. The van der Waals surface area contributed by atoms with E-state index in [1.165, 1.54) is 0 Å². The van der Waals surface area contributed by atoms with Crippen LogP contribution in [-0.4, -0.2) is 12.1 Å². The number of ketones is 1. The average Bonchev–Trinajstić information content (AvgIpc) is 2.38. The van der Waals surface area contributed by atoms with Crippen molar-refractivity contribution >= 4 is 12.1 Å². The van der Waals surface area contributed by atoms with Crippen LogP contribution in [0.15, 0.2) is 48.5 Å². The van der Waals surface area contributed by atoms with Crippen molar-refractivity contribution in [2.45, 2.75) is 6.92 Å². The maximum absolute atomic E-state index is 12.3. The highest BCUT2D eigenvalue weighted by Crippen LogP contribution is 2.17. The summed E-state index contributed by atoms with van der Waals surface area (Å²) in [6.45, 7) is 1.82. The van der Waals surface area contributed by atoms with E-state index in [0.29, 0.717) is 16.7 Å². The number of carbonyl (C=O) groups is 1. The van der Waals surface area contributed by atoms with Crippen molar-refractivity contribution in [2.75, 3.05) is 0 Å². The van der Waals surface area contributed by atoms with Gasteiger partial charge in [-0.25, -0.2) is 0 Å². The highest BCUT2D eigenvalue weighted by molar-refractivity contribution is 6.13. The third-order valence-corrected chi connectivity index (χ3v) is 2.65. The van der Waals surface area contributed by atoms with Gasteiger partial charge in [-0.1, -0.05) is 48.5 Å². The molecule has 0 atom stereocenters. The first-order valence-corrected chi connectivity index (χ1v) is 5.31. The third-order valence-electron chi connectivity index (χ3n) is 2.65. The normalized spacial score (nSPS) is 9.94. The van der Waals surface area contributed by atoms with Gasteiger partial charge >= 0.3 is 0 Å². The van der Waals surface area contributed by atoms with Gasteiger partial charge in [-0.3, -0.25) is 9.59 Å². The molecular weight excluding hydrogens is 212 g/mol. The van der Waals surface area contributed by atoms with E-state index in [0.717, 1.165) is 5.56 Å². The van der Waals surface area contributed by atoms with Gasteiger partial charge in [0.05, 0.1) is 0 Å². The zero-order valence-electron chi connectivity index (χ0n) is 9.44. The maximum atomic E-state index is 12.3. The van der Waals surface area contributed by atoms with Gasteiger partial charge in [0.25, 0.3) is 0 Å². The number of hydrogen-bond acceptors (Lipinski definition) is 2. The molecule has 0 amide bonds. The molecule has 0 aromatic heterocycles. The number of carbonyl (C=O) groups excluding carboxylic acids is 2. The van der Waals surface area contributed by atoms with Gasteiger partial charge in [-0.05, 0) is 12.5 Å². The molecule has 1 radical (unpaired) electrons. The van der Waals surface area contributed by atoms with Gasteiger partial charge in [-0.2, -0.15) is 0 Å². The molecule has 0 saturated carbocycles. The molecule has 2 rings (SSSR count). The van der Waals surface area contributed by atoms with Crippen LogP contribution < -0.4 is 0 Å². The highest BCUT2D eigenvalue weighted by Gasteiger charge is 2.15. The molecule has 2 aromatic rings. The summed E-state index contributed by atoms with van der Waals surface area (Å²) in [6.07, 6.45) is 1.82. The Morgan fingerprint density at radius 1 is 1.00 bits per heavy atom. The van der Waals surface area contributed by atoms with Crippen molar-refractivity contribution < 1.29 is 9.59 Å². The smallest absolute Gasteiger partial charge is 0.234 e. The summed E-state index contributed by atoms with van der Waals surface area (Å²) in [4.78, 5) is 23.1. The van der Waals surface area contributed by atoms with E-state index in [9.17, 15) is 9.59 Å². The van der Waals surface area contributed by atoms with Gasteiger partial charge < -0.3 is 0 Å². The zero-order valence-corrected chi connectivity index (χ0v) is 9.44. The van der Waals surface area contributed by atoms with E-state index >= 15 is 0 Å². The molecule has 0 unspecified atom stereocenters. The molecule has 17 heavy (non-hydrogen) atoms. The van der Waals surface area contributed by atoms with E-state index in [4.69, 9.17) is 0 Å². The predicted molar refractivity (Wildman–Crippen MR) is 65.8 cm³/mol. The summed E-state index contributed by atoms with van der Waals surface area (Å²) in [7, 11) is 0. The molecule has 0 N–H and O–H groups in total. The van der Waals surface area contributed by atoms with E-state index in [1.54, 1.807) is 36.4 Å². The van der Waals surface area contributed by atoms with Crippen molar-refractivity contribution in [3.8, 4) is 0 Å². The summed E-state index contributed by atoms with van der Waals surface area (Å²) >= 11 is 0. The minimum atomic E-state index is -0.137.